The van der Waals surface area contributed by atoms with Crippen LogP contribution >= 0.6 is 0 Å². The number of tetrazole rings is 1. The first kappa shape index (κ1) is 18.3. The van der Waals surface area contributed by atoms with E-state index in [1.165, 1.54) is 32.1 Å². The summed E-state index contributed by atoms with van der Waals surface area (Å²) >= 11 is 0. The first-order valence-corrected chi connectivity index (χ1v) is 9.55. The summed E-state index contributed by atoms with van der Waals surface area (Å²) < 4.78 is 7.37. The Morgan fingerprint density at radius 2 is 2.00 bits per heavy atom. The minimum Gasteiger partial charge on any atom is -0.376 e. The largest absolute Gasteiger partial charge is 0.376 e. The lowest BCUT2D eigenvalue weighted by Crippen LogP contribution is -2.39. The number of ether oxygens (including phenoxy) is 1. The Morgan fingerprint density at radius 1 is 1.20 bits per heavy atom. The standard InChI is InChI=1S/C17H30N6O2/c1-21(12-15-8-4-7-11-25-15)17(24)14-23-16(18-19-20-23)13-22-9-5-2-3-6-10-22/h15H,2-14H2,1H3/t15-/m0/s1. The van der Waals surface area contributed by atoms with Crippen LogP contribution in [0.2, 0.25) is 0 Å². The minimum atomic E-state index is 0.0265. The summed E-state index contributed by atoms with van der Waals surface area (Å²) in [6.45, 7) is 4.52. The number of hydrogen-bond donors (Lipinski definition) is 0. The van der Waals surface area contributed by atoms with Gasteiger partial charge in [0.25, 0.3) is 0 Å². The molecule has 2 aliphatic heterocycles. The van der Waals surface area contributed by atoms with Crippen LogP contribution in [0.4, 0.5) is 0 Å². The highest BCUT2D eigenvalue weighted by molar-refractivity contribution is 5.75. The van der Waals surface area contributed by atoms with Gasteiger partial charge in [-0.05, 0) is 55.6 Å². The van der Waals surface area contributed by atoms with Gasteiger partial charge in [-0.2, -0.15) is 0 Å². The van der Waals surface area contributed by atoms with Gasteiger partial charge in [0.15, 0.2) is 5.82 Å². The fourth-order valence-corrected chi connectivity index (χ4v) is 3.56. The first-order chi connectivity index (χ1) is 12.2. The van der Waals surface area contributed by atoms with E-state index in [1.54, 1.807) is 9.58 Å². The molecule has 1 amide bonds. The molecule has 1 aromatic rings. The third kappa shape index (κ3) is 5.47. The second-order valence-corrected chi connectivity index (χ2v) is 7.21. The minimum absolute atomic E-state index is 0.0265. The lowest BCUT2D eigenvalue weighted by atomic mass is 10.1. The Balaban J connectivity index is 1.51. The van der Waals surface area contributed by atoms with Gasteiger partial charge in [-0.15, -0.1) is 5.10 Å². The molecule has 25 heavy (non-hydrogen) atoms. The van der Waals surface area contributed by atoms with Crippen molar-refractivity contribution >= 4 is 5.91 Å². The Hall–Kier alpha value is -1.54. The highest BCUT2D eigenvalue weighted by Gasteiger charge is 2.21. The van der Waals surface area contributed by atoms with E-state index >= 15 is 0 Å². The first-order valence-electron chi connectivity index (χ1n) is 9.55. The van der Waals surface area contributed by atoms with Gasteiger partial charge in [-0.3, -0.25) is 9.69 Å². The molecule has 2 saturated heterocycles. The van der Waals surface area contributed by atoms with E-state index in [0.29, 0.717) is 6.54 Å². The summed E-state index contributed by atoms with van der Waals surface area (Å²) in [5, 5.41) is 11.9. The summed E-state index contributed by atoms with van der Waals surface area (Å²) in [6.07, 6.45) is 8.55. The topological polar surface area (TPSA) is 76.4 Å². The van der Waals surface area contributed by atoms with Crippen molar-refractivity contribution in [2.45, 2.75) is 64.1 Å². The molecule has 2 fully saturated rings. The molecule has 0 bridgehead atoms. The fourth-order valence-electron chi connectivity index (χ4n) is 3.56. The number of carbonyl (C=O) groups is 1. The maximum Gasteiger partial charge on any atom is 0.244 e. The molecule has 0 N–H and O–H groups in total. The van der Waals surface area contributed by atoms with Gasteiger partial charge in [-0.1, -0.05) is 12.8 Å². The van der Waals surface area contributed by atoms with E-state index in [9.17, 15) is 4.79 Å². The van der Waals surface area contributed by atoms with Crippen LogP contribution in [0.5, 0.6) is 0 Å². The van der Waals surface area contributed by atoms with Crippen LogP contribution in [0, 0.1) is 0 Å². The number of likely N-dealkylation sites (tertiary alicyclic amines) is 1. The van der Waals surface area contributed by atoms with Crippen LogP contribution in [0.3, 0.4) is 0 Å². The average molecular weight is 350 g/mol. The van der Waals surface area contributed by atoms with Crippen molar-refractivity contribution in [1.29, 1.82) is 0 Å². The predicted octanol–water partition coefficient (Wildman–Crippen LogP) is 1.08. The third-order valence-electron chi connectivity index (χ3n) is 5.13. The van der Waals surface area contributed by atoms with Gasteiger partial charge >= 0.3 is 0 Å². The van der Waals surface area contributed by atoms with Crippen molar-refractivity contribution in [2.75, 3.05) is 33.3 Å². The molecule has 1 atom stereocenters. The Bertz CT molecular complexity index is 535. The molecule has 3 rings (SSSR count). The molecule has 0 aromatic carbocycles. The molecule has 8 heteroatoms. The molecule has 8 nitrogen and oxygen atoms in total. The monoisotopic (exact) mass is 350 g/mol. The Kier molecular flexibility index (Phi) is 6.75. The second-order valence-electron chi connectivity index (χ2n) is 7.21. The summed E-state index contributed by atoms with van der Waals surface area (Å²) in [5.74, 6) is 0.802. The average Bonchev–Trinajstić information content (AvgIpc) is 2.88. The number of carbonyl (C=O) groups excluding carboxylic acids is 1. The van der Waals surface area contributed by atoms with Gasteiger partial charge in [0.1, 0.15) is 6.54 Å². The molecule has 1 aromatic heterocycles. The molecule has 0 aliphatic carbocycles. The number of likely N-dealkylation sites (N-methyl/N-ethyl adjacent to an activating group) is 1. The number of hydrogen-bond acceptors (Lipinski definition) is 6. The van der Waals surface area contributed by atoms with Gasteiger partial charge in [0, 0.05) is 20.2 Å². The third-order valence-corrected chi connectivity index (χ3v) is 5.13. The van der Waals surface area contributed by atoms with Crippen LogP contribution in [0.25, 0.3) is 0 Å². The van der Waals surface area contributed by atoms with Crippen molar-refractivity contribution in [3.05, 3.63) is 5.82 Å². The maximum atomic E-state index is 12.5. The Labute approximate surface area is 149 Å². The van der Waals surface area contributed by atoms with E-state index in [4.69, 9.17) is 4.74 Å². The zero-order valence-electron chi connectivity index (χ0n) is 15.3. The van der Waals surface area contributed by atoms with Gasteiger partial charge in [0.2, 0.25) is 5.91 Å². The molecule has 0 radical (unpaired) electrons. The number of amides is 1. The number of nitrogens with zero attached hydrogens (tertiary/aromatic N) is 6. The summed E-state index contributed by atoms with van der Waals surface area (Å²) in [6, 6.07) is 0. The SMILES string of the molecule is CN(C[C@@H]1CCCCO1)C(=O)Cn1nnnc1CN1CCCCCC1. The molecular weight excluding hydrogens is 320 g/mol. The van der Waals surface area contributed by atoms with Crippen molar-refractivity contribution < 1.29 is 9.53 Å². The van der Waals surface area contributed by atoms with Crippen molar-refractivity contribution in [1.82, 2.24) is 30.0 Å². The van der Waals surface area contributed by atoms with E-state index in [0.717, 1.165) is 44.9 Å². The van der Waals surface area contributed by atoms with Gasteiger partial charge < -0.3 is 9.64 Å². The van der Waals surface area contributed by atoms with Crippen LogP contribution < -0.4 is 0 Å². The summed E-state index contributed by atoms with van der Waals surface area (Å²) in [5.41, 5.74) is 0. The van der Waals surface area contributed by atoms with E-state index in [2.05, 4.69) is 20.4 Å². The highest BCUT2D eigenvalue weighted by Crippen LogP contribution is 2.14. The lowest BCUT2D eigenvalue weighted by Gasteiger charge is -2.27. The maximum absolute atomic E-state index is 12.5. The number of aromatic nitrogens is 4. The van der Waals surface area contributed by atoms with E-state index in [-0.39, 0.29) is 18.6 Å². The number of rotatable bonds is 6. The van der Waals surface area contributed by atoms with E-state index in [1.807, 2.05) is 7.05 Å². The molecule has 0 saturated carbocycles. The molecule has 2 aliphatic rings. The Morgan fingerprint density at radius 3 is 2.72 bits per heavy atom. The van der Waals surface area contributed by atoms with Crippen molar-refractivity contribution in [2.24, 2.45) is 0 Å². The quantitative estimate of drug-likeness (QED) is 0.764. The lowest BCUT2D eigenvalue weighted by molar-refractivity contribution is -0.133. The zero-order chi connectivity index (χ0) is 17.5. The molecule has 140 valence electrons. The smallest absolute Gasteiger partial charge is 0.244 e. The van der Waals surface area contributed by atoms with Crippen LogP contribution in [0.15, 0.2) is 0 Å². The molecular formula is C17H30N6O2. The molecule has 3 heterocycles. The summed E-state index contributed by atoms with van der Waals surface area (Å²) in [4.78, 5) is 16.7. The highest BCUT2D eigenvalue weighted by atomic mass is 16.5. The summed E-state index contributed by atoms with van der Waals surface area (Å²) in [7, 11) is 1.83. The normalized spacial score (nSPS) is 22.5. The van der Waals surface area contributed by atoms with Gasteiger partial charge in [0.05, 0.1) is 12.6 Å². The van der Waals surface area contributed by atoms with Crippen molar-refractivity contribution in [3.8, 4) is 0 Å². The predicted molar refractivity (Wildman–Crippen MR) is 92.8 cm³/mol. The van der Waals surface area contributed by atoms with Crippen LogP contribution in [-0.2, 0) is 22.6 Å². The second kappa shape index (κ2) is 9.24. The van der Waals surface area contributed by atoms with Crippen LogP contribution in [0.1, 0.15) is 50.8 Å². The fraction of sp³-hybridized carbons (Fsp3) is 0.882. The molecule has 0 unspecified atom stereocenters. The van der Waals surface area contributed by atoms with E-state index < -0.39 is 0 Å². The zero-order valence-corrected chi connectivity index (χ0v) is 15.3. The molecule has 0 spiro atoms. The van der Waals surface area contributed by atoms with Gasteiger partial charge in [-0.25, -0.2) is 4.68 Å². The van der Waals surface area contributed by atoms with Crippen molar-refractivity contribution in [3.63, 3.8) is 0 Å². The van der Waals surface area contributed by atoms with Crippen LogP contribution in [-0.4, -0.2) is 75.3 Å².